The van der Waals surface area contributed by atoms with Crippen LogP contribution in [0.1, 0.15) is 87.1 Å². The molecule has 0 aromatic heterocycles. The lowest BCUT2D eigenvalue weighted by Crippen LogP contribution is -2.13. The zero-order chi connectivity index (χ0) is 26.6. The third-order valence-corrected chi connectivity index (χ3v) is 6.73. The number of halogens is 1. The van der Waals surface area contributed by atoms with Crippen LogP contribution in [0.15, 0.2) is 30.3 Å². The molecule has 2 aromatic rings. The minimum atomic E-state index is -3.82. The van der Waals surface area contributed by atoms with Crippen molar-refractivity contribution in [2.45, 2.75) is 78.1 Å². The number of hydrogen-bond acceptors (Lipinski definition) is 6. The number of carbonyl (C=O) groups excluding carboxylic acids is 1. The van der Waals surface area contributed by atoms with E-state index in [9.17, 15) is 18.3 Å². The molecule has 0 saturated heterocycles. The first kappa shape index (κ1) is 29.8. The predicted octanol–water partition coefficient (Wildman–Crippen LogP) is 7.24. The quantitative estimate of drug-likeness (QED) is 0.132. The molecule has 0 spiro atoms. The number of phenolic OH excluding ortho intramolecular Hbond substituents is 1. The summed E-state index contributed by atoms with van der Waals surface area (Å²) >= 11 is 6.11. The largest absolute Gasteiger partial charge is 0.504 e. The normalized spacial score (nSPS) is 11.3. The van der Waals surface area contributed by atoms with Gasteiger partial charge in [-0.05, 0) is 31.5 Å². The number of aromatic hydroxyl groups is 1. The first-order valence-electron chi connectivity index (χ1n) is 12.6. The van der Waals surface area contributed by atoms with Crippen molar-refractivity contribution in [3.05, 3.63) is 46.5 Å². The van der Waals surface area contributed by atoms with E-state index in [1.807, 2.05) is 0 Å². The number of anilines is 1. The number of carbonyl (C=O) groups is 1. The molecular weight excluding hydrogens is 502 g/mol. The molecule has 200 valence electrons. The second kappa shape index (κ2) is 15.0. The summed E-state index contributed by atoms with van der Waals surface area (Å²) in [6.45, 7) is 4.31. The maximum absolute atomic E-state index is 12.8. The monoisotopic (exact) mass is 539 g/mol. The third kappa shape index (κ3) is 10.3. The number of rotatable bonds is 16. The zero-order valence-electron chi connectivity index (χ0n) is 21.4. The molecule has 0 saturated carbocycles. The molecule has 0 aliphatic heterocycles. The molecule has 2 N–H and O–H groups in total. The summed E-state index contributed by atoms with van der Waals surface area (Å²) in [4.78, 5) is 12.8. The van der Waals surface area contributed by atoms with E-state index in [0.717, 1.165) is 19.1 Å². The van der Waals surface area contributed by atoms with Gasteiger partial charge in [-0.2, -0.15) is 8.42 Å². The Labute approximate surface area is 220 Å². The minimum Gasteiger partial charge on any atom is -0.504 e. The summed E-state index contributed by atoms with van der Waals surface area (Å²) in [5.41, 5.74) is 0.489. The molecule has 2 rings (SSSR count). The zero-order valence-corrected chi connectivity index (χ0v) is 23.0. The Morgan fingerprint density at radius 3 is 2.22 bits per heavy atom. The van der Waals surface area contributed by atoms with Crippen molar-refractivity contribution in [3.63, 3.8) is 0 Å². The lowest BCUT2D eigenvalue weighted by molar-refractivity contribution is 0.102. The summed E-state index contributed by atoms with van der Waals surface area (Å²) in [7, 11) is -3.82. The molecule has 0 radical (unpaired) electrons. The van der Waals surface area contributed by atoms with Crippen LogP contribution >= 0.6 is 11.6 Å². The average molecular weight is 540 g/mol. The summed E-state index contributed by atoms with van der Waals surface area (Å²) in [5, 5.41) is 12.8. The van der Waals surface area contributed by atoms with Gasteiger partial charge in [0.2, 0.25) is 0 Å². The van der Waals surface area contributed by atoms with Gasteiger partial charge in [-0.25, -0.2) is 0 Å². The van der Waals surface area contributed by atoms with E-state index >= 15 is 0 Å². The predicted molar refractivity (Wildman–Crippen MR) is 145 cm³/mol. The first-order valence-corrected chi connectivity index (χ1v) is 14.8. The summed E-state index contributed by atoms with van der Waals surface area (Å²) in [6, 6.07) is 7.95. The Hall–Kier alpha value is -2.45. The lowest BCUT2D eigenvalue weighted by atomic mass is 10.1. The van der Waals surface area contributed by atoms with Gasteiger partial charge in [-0.15, -0.1) is 0 Å². The molecule has 0 unspecified atom stereocenters. The van der Waals surface area contributed by atoms with Gasteiger partial charge in [0.05, 0.1) is 23.6 Å². The number of ether oxygens (including phenoxy) is 1. The van der Waals surface area contributed by atoms with Crippen molar-refractivity contribution in [1.29, 1.82) is 0 Å². The molecule has 0 heterocycles. The number of nitrogens with one attached hydrogen (secondary N) is 1. The SMILES string of the molecule is CCCCCCCCCCCCOc1cccc(C(=O)Nc2cc(OS(C)(=O)=O)c(C)c(Cl)c2O)c1. The van der Waals surface area contributed by atoms with Crippen LogP contribution in [0.25, 0.3) is 0 Å². The summed E-state index contributed by atoms with van der Waals surface area (Å²) in [5.74, 6) is -0.397. The molecule has 0 atom stereocenters. The molecule has 9 heteroatoms. The number of phenols is 1. The third-order valence-electron chi connectivity index (χ3n) is 5.79. The fourth-order valence-electron chi connectivity index (χ4n) is 3.76. The van der Waals surface area contributed by atoms with Gasteiger partial charge in [0.15, 0.2) is 5.75 Å². The highest BCUT2D eigenvalue weighted by molar-refractivity contribution is 7.86. The Bertz CT molecular complexity index is 1100. The fourth-order valence-corrected chi connectivity index (χ4v) is 4.45. The van der Waals surface area contributed by atoms with Gasteiger partial charge in [0.25, 0.3) is 5.91 Å². The van der Waals surface area contributed by atoms with Gasteiger partial charge in [0.1, 0.15) is 11.5 Å². The molecule has 0 bridgehead atoms. The second-order valence-corrected chi connectivity index (χ2v) is 11.0. The average Bonchev–Trinajstić information content (AvgIpc) is 2.83. The van der Waals surface area contributed by atoms with Gasteiger partial charge in [-0.1, -0.05) is 82.4 Å². The van der Waals surface area contributed by atoms with Crippen LogP contribution in [0.3, 0.4) is 0 Å². The Morgan fingerprint density at radius 2 is 1.61 bits per heavy atom. The molecule has 0 aliphatic carbocycles. The molecule has 7 nitrogen and oxygen atoms in total. The van der Waals surface area contributed by atoms with Crippen LogP contribution in [-0.2, 0) is 10.1 Å². The molecule has 36 heavy (non-hydrogen) atoms. The van der Waals surface area contributed by atoms with Crippen molar-refractivity contribution >= 4 is 33.3 Å². The number of amides is 1. The summed E-state index contributed by atoms with van der Waals surface area (Å²) < 4.78 is 33.8. The highest BCUT2D eigenvalue weighted by Crippen LogP contribution is 2.40. The number of hydrogen-bond donors (Lipinski definition) is 2. The minimum absolute atomic E-state index is 0.0639. The number of unbranched alkanes of at least 4 members (excludes halogenated alkanes) is 9. The molecular formula is C27H38ClNO6S. The van der Waals surface area contributed by atoms with Crippen LogP contribution in [0.2, 0.25) is 5.02 Å². The Balaban J connectivity index is 1.86. The maximum atomic E-state index is 12.8. The van der Waals surface area contributed by atoms with Gasteiger partial charge in [0, 0.05) is 17.2 Å². The van der Waals surface area contributed by atoms with Crippen LogP contribution in [0, 0.1) is 6.92 Å². The van der Waals surface area contributed by atoms with E-state index in [1.165, 1.54) is 64.4 Å². The van der Waals surface area contributed by atoms with Gasteiger partial charge in [-0.3, -0.25) is 4.79 Å². The highest BCUT2D eigenvalue weighted by Gasteiger charge is 2.19. The van der Waals surface area contributed by atoms with Crippen molar-refractivity contribution in [1.82, 2.24) is 0 Å². The highest BCUT2D eigenvalue weighted by atomic mass is 35.5. The molecule has 0 aliphatic rings. The molecule has 1 amide bonds. The fraction of sp³-hybridized carbons (Fsp3) is 0.519. The second-order valence-electron chi connectivity index (χ2n) is 9.01. The summed E-state index contributed by atoms with van der Waals surface area (Å²) in [6.07, 6.45) is 13.3. The van der Waals surface area contributed by atoms with E-state index in [4.69, 9.17) is 20.5 Å². The van der Waals surface area contributed by atoms with Crippen LogP contribution in [0.4, 0.5) is 5.69 Å². The van der Waals surface area contributed by atoms with Crippen LogP contribution in [0.5, 0.6) is 17.2 Å². The Kier molecular flexibility index (Phi) is 12.4. The topological polar surface area (TPSA) is 102 Å². The van der Waals surface area contributed by atoms with Crippen LogP contribution in [-0.4, -0.2) is 32.3 Å². The van der Waals surface area contributed by atoms with E-state index in [0.29, 0.717) is 17.9 Å². The first-order chi connectivity index (χ1) is 17.1. The number of benzene rings is 2. The molecule has 2 aromatic carbocycles. The molecule has 0 fully saturated rings. The van der Waals surface area contributed by atoms with E-state index in [1.54, 1.807) is 24.3 Å². The van der Waals surface area contributed by atoms with Crippen molar-refractivity contribution in [2.24, 2.45) is 0 Å². The van der Waals surface area contributed by atoms with Crippen molar-refractivity contribution < 1.29 is 27.2 Å². The lowest BCUT2D eigenvalue weighted by Gasteiger charge is -2.14. The van der Waals surface area contributed by atoms with Crippen LogP contribution < -0.4 is 14.2 Å². The van der Waals surface area contributed by atoms with Gasteiger partial charge >= 0.3 is 10.1 Å². The smallest absolute Gasteiger partial charge is 0.306 e. The Morgan fingerprint density at radius 1 is 1.00 bits per heavy atom. The van der Waals surface area contributed by atoms with E-state index in [-0.39, 0.29) is 27.8 Å². The van der Waals surface area contributed by atoms with Gasteiger partial charge < -0.3 is 19.3 Å². The standard InChI is InChI=1S/C27H38ClNO6S/c1-4-5-6-7-8-9-10-11-12-13-17-34-22-16-14-15-21(18-22)27(31)29-23-19-24(35-36(3,32)33)20(2)25(28)26(23)30/h14-16,18-19,30H,4-13,17H2,1-3H3,(H,29,31). The van der Waals surface area contributed by atoms with E-state index in [2.05, 4.69) is 12.2 Å². The van der Waals surface area contributed by atoms with E-state index < -0.39 is 16.0 Å². The van der Waals surface area contributed by atoms with Crippen molar-refractivity contribution in [3.8, 4) is 17.2 Å². The van der Waals surface area contributed by atoms with Crippen molar-refractivity contribution in [2.75, 3.05) is 18.2 Å². The maximum Gasteiger partial charge on any atom is 0.306 e.